The van der Waals surface area contributed by atoms with Crippen LogP contribution in [-0.4, -0.2) is 11.3 Å². The van der Waals surface area contributed by atoms with E-state index in [-0.39, 0.29) is 5.54 Å². The third-order valence-corrected chi connectivity index (χ3v) is 2.92. The predicted molar refractivity (Wildman–Crippen MR) is 42.0 cm³/mol. The molecule has 0 radical (unpaired) electrons. The van der Waals surface area contributed by atoms with Crippen LogP contribution in [0.2, 0.25) is 0 Å². The summed E-state index contributed by atoms with van der Waals surface area (Å²) >= 11 is 1.74. The van der Waals surface area contributed by atoms with Gasteiger partial charge in [-0.2, -0.15) is 0 Å². The van der Waals surface area contributed by atoms with E-state index in [1.54, 1.807) is 11.9 Å². The van der Waals surface area contributed by atoms with Gasteiger partial charge in [0, 0.05) is 11.3 Å². The van der Waals surface area contributed by atoms with E-state index in [0.29, 0.717) is 0 Å². The number of nitrogens with one attached hydrogen (secondary N) is 2. The molecule has 1 rings (SSSR count). The summed E-state index contributed by atoms with van der Waals surface area (Å²) in [4.78, 5) is 3.07. The summed E-state index contributed by atoms with van der Waals surface area (Å²) in [5, 5.41) is 0. The summed E-state index contributed by atoms with van der Waals surface area (Å²) in [7, 11) is 0. The van der Waals surface area contributed by atoms with Gasteiger partial charge in [-0.25, -0.2) is 10.3 Å². The molecule has 54 valence electrons. The van der Waals surface area contributed by atoms with E-state index in [9.17, 15) is 0 Å². The van der Waals surface area contributed by atoms with Crippen LogP contribution in [0.5, 0.6) is 0 Å². The van der Waals surface area contributed by atoms with Crippen LogP contribution in [0.25, 0.3) is 0 Å². The van der Waals surface area contributed by atoms with Crippen LogP contribution in [0.1, 0.15) is 20.8 Å². The molecular formula is C6H14N2S. The maximum Gasteiger partial charge on any atom is 0.0310 e. The van der Waals surface area contributed by atoms with Gasteiger partial charge >= 0.3 is 0 Å². The minimum atomic E-state index is 0.255. The molecule has 0 aliphatic carbocycles. The summed E-state index contributed by atoms with van der Waals surface area (Å²) in [5.41, 5.74) is 3.48. The zero-order chi connectivity index (χ0) is 6.91. The first-order chi connectivity index (χ1) is 4.13. The molecule has 0 aromatic carbocycles. The van der Waals surface area contributed by atoms with Crippen molar-refractivity contribution >= 4 is 11.9 Å². The van der Waals surface area contributed by atoms with Crippen molar-refractivity contribution in [2.75, 3.05) is 5.75 Å². The summed E-state index contributed by atoms with van der Waals surface area (Å²) in [6.07, 6.45) is 0. The maximum atomic E-state index is 3.22. The Kier molecular flexibility index (Phi) is 2.03. The molecule has 1 aliphatic heterocycles. The van der Waals surface area contributed by atoms with Crippen LogP contribution in [0.15, 0.2) is 0 Å². The molecule has 1 unspecified atom stereocenters. The molecule has 1 fully saturated rings. The fourth-order valence-electron chi connectivity index (χ4n) is 0.666. The first-order valence-electron chi connectivity index (χ1n) is 3.27. The maximum absolute atomic E-state index is 3.22. The van der Waals surface area contributed by atoms with Gasteiger partial charge in [0.05, 0.1) is 0 Å². The molecular weight excluding hydrogens is 132 g/mol. The Bertz CT molecular complexity index is 103. The highest BCUT2D eigenvalue weighted by Gasteiger charge is 2.28. The van der Waals surface area contributed by atoms with Crippen LogP contribution in [0, 0.1) is 5.92 Å². The lowest BCUT2D eigenvalue weighted by Gasteiger charge is -2.36. The summed E-state index contributed by atoms with van der Waals surface area (Å²) < 4.78 is 0. The van der Waals surface area contributed by atoms with Gasteiger partial charge in [-0.1, -0.05) is 18.9 Å². The normalized spacial score (nSPS) is 34.3. The highest BCUT2D eigenvalue weighted by Crippen LogP contribution is 2.22. The lowest BCUT2D eigenvalue weighted by atomic mass is 9.91. The van der Waals surface area contributed by atoms with Crippen LogP contribution in [-0.2, 0) is 0 Å². The minimum Gasteiger partial charge on any atom is -0.242 e. The van der Waals surface area contributed by atoms with E-state index in [0.717, 1.165) is 5.92 Å². The molecule has 1 aliphatic rings. The number of rotatable bonds is 0. The van der Waals surface area contributed by atoms with E-state index >= 15 is 0 Å². The highest BCUT2D eigenvalue weighted by atomic mass is 32.2. The monoisotopic (exact) mass is 146 g/mol. The lowest BCUT2D eigenvalue weighted by Crippen LogP contribution is -2.54. The van der Waals surface area contributed by atoms with Crippen LogP contribution in [0.3, 0.4) is 0 Å². The van der Waals surface area contributed by atoms with E-state index in [2.05, 4.69) is 31.0 Å². The largest absolute Gasteiger partial charge is 0.242 e. The SMILES string of the molecule is CC1CSNNC1(C)C. The molecule has 9 heavy (non-hydrogen) atoms. The second-order valence-corrected chi connectivity index (χ2v) is 3.99. The summed E-state index contributed by atoms with van der Waals surface area (Å²) in [5.74, 6) is 1.93. The molecule has 0 bridgehead atoms. The summed E-state index contributed by atoms with van der Waals surface area (Å²) in [6, 6.07) is 0. The van der Waals surface area contributed by atoms with Crippen LogP contribution in [0.4, 0.5) is 0 Å². The van der Waals surface area contributed by atoms with Crippen LogP contribution >= 0.6 is 11.9 Å². The Labute approximate surface area is 60.9 Å². The Hall–Kier alpha value is 0.270. The van der Waals surface area contributed by atoms with E-state index in [1.165, 1.54) is 5.75 Å². The average molecular weight is 146 g/mol. The lowest BCUT2D eigenvalue weighted by molar-refractivity contribution is 0.271. The van der Waals surface area contributed by atoms with Crippen molar-refractivity contribution in [3.63, 3.8) is 0 Å². The molecule has 2 N–H and O–H groups in total. The van der Waals surface area contributed by atoms with Gasteiger partial charge < -0.3 is 0 Å². The van der Waals surface area contributed by atoms with Gasteiger partial charge in [0.25, 0.3) is 0 Å². The van der Waals surface area contributed by atoms with Crippen molar-refractivity contribution in [2.24, 2.45) is 5.92 Å². The Morgan fingerprint density at radius 2 is 2.22 bits per heavy atom. The van der Waals surface area contributed by atoms with Gasteiger partial charge in [0.2, 0.25) is 0 Å². The van der Waals surface area contributed by atoms with Crippen molar-refractivity contribution < 1.29 is 0 Å². The zero-order valence-electron chi connectivity index (χ0n) is 6.19. The van der Waals surface area contributed by atoms with E-state index in [1.807, 2.05) is 0 Å². The Morgan fingerprint density at radius 1 is 1.56 bits per heavy atom. The highest BCUT2D eigenvalue weighted by molar-refractivity contribution is 7.97. The second-order valence-electron chi connectivity index (χ2n) is 3.16. The van der Waals surface area contributed by atoms with E-state index in [4.69, 9.17) is 0 Å². The zero-order valence-corrected chi connectivity index (χ0v) is 7.01. The Morgan fingerprint density at radius 3 is 2.56 bits per heavy atom. The number of hydrogen-bond donors (Lipinski definition) is 2. The Balaban J connectivity index is 2.49. The van der Waals surface area contributed by atoms with Crippen molar-refractivity contribution in [3.05, 3.63) is 0 Å². The molecule has 2 nitrogen and oxygen atoms in total. The molecule has 1 heterocycles. The standard InChI is InChI=1S/C6H14N2S/c1-5-4-9-8-7-6(5,2)3/h5,7-8H,4H2,1-3H3. The third kappa shape index (κ3) is 1.60. The smallest absolute Gasteiger partial charge is 0.0310 e. The summed E-state index contributed by atoms with van der Waals surface area (Å²) in [6.45, 7) is 6.69. The third-order valence-electron chi connectivity index (χ3n) is 2.01. The number of hydrazine groups is 1. The fourth-order valence-corrected chi connectivity index (χ4v) is 1.75. The van der Waals surface area contributed by atoms with Crippen molar-refractivity contribution in [2.45, 2.75) is 26.3 Å². The topological polar surface area (TPSA) is 24.1 Å². The van der Waals surface area contributed by atoms with Crippen molar-refractivity contribution in [3.8, 4) is 0 Å². The molecule has 1 atom stereocenters. The fraction of sp³-hybridized carbons (Fsp3) is 1.00. The molecule has 1 saturated heterocycles. The van der Waals surface area contributed by atoms with Gasteiger partial charge in [0.15, 0.2) is 0 Å². The van der Waals surface area contributed by atoms with Gasteiger partial charge in [-0.05, 0) is 19.8 Å². The molecule has 0 saturated carbocycles. The molecule has 0 amide bonds. The second kappa shape index (κ2) is 2.48. The molecule has 0 spiro atoms. The van der Waals surface area contributed by atoms with Crippen molar-refractivity contribution in [1.82, 2.24) is 10.3 Å². The van der Waals surface area contributed by atoms with Gasteiger partial charge in [-0.15, -0.1) is 0 Å². The first-order valence-corrected chi connectivity index (χ1v) is 4.25. The average Bonchev–Trinajstić information content (AvgIpc) is 1.77. The van der Waals surface area contributed by atoms with Gasteiger partial charge in [-0.3, -0.25) is 0 Å². The van der Waals surface area contributed by atoms with Gasteiger partial charge in [0.1, 0.15) is 0 Å². The quantitative estimate of drug-likeness (QED) is 0.501. The predicted octanol–water partition coefficient (Wildman–Crippen LogP) is 1.16. The van der Waals surface area contributed by atoms with Crippen LogP contribution < -0.4 is 10.3 Å². The molecule has 3 heteroatoms. The molecule has 0 aromatic rings. The first kappa shape index (κ1) is 7.38. The number of hydrogen-bond acceptors (Lipinski definition) is 3. The van der Waals surface area contributed by atoms with E-state index < -0.39 is 0 Å². The minimum absolute atomic E-state index is 0.255. The van der Waals surface area contributed by atoms with Crippen molar-refractivity contribution in [1.29, 1.82) is 0 Å². The molecule has 0 aromatic heterocycles.